The zero-order valence-corrected chi connectivity index (χ0v) is 6.14. The van der Waals surface area contributed by atoms with Gasteiger partial charge in [0, 0.05) is 5.92 Å². The number of hydrogen-bond donors (Lipinski definition) is 1. The molecule has 0 aliphatic rings. The molecule has 60 valence electrons. The van der Waals surface area contributed by atoms with Crippen LogP contribution in [-0.2, 0) is 0 Å². The molecule has 4 heteroatoms. The highest BCUT2D eigenvalue weighted by Crippen LogP contribution is 1.95. The van der Waals surface area contributed by atoms with E-state index < -0.39 is 13.0 Å². The number of aliphatic imine (C=N–C) groups is 1. The van der Waals surface area contributed by atoms with E-state index in [4.69, 9.17) is 5.73 Å². The van der Waals surface area contributed by atoms with E-state index in [0.29, 0.717) is 5.84 Å². The Morgan fingerprint density at radius 2 is 2.00 bits per heavy atom. The standard InChI is InChI=1S/C6H12F2N2/c1-4(2)6(9)10-3-5(7)8/h4-5H,3H2,1-2H3,(H2,9,10). The quantitative estimate of drug-likeness (QED) is 0.477. The van der Waals surface area contributed by atoms with Crippen molar-refractivity contribution in [3.8, 4) is 0 Å². The average Bonchev–Trinajstić information content (AvgIpc) is 1.82. The maximum absolute atomic E-state index is 11.5. The van der Waals surface area contributed by atoms with Crippen LogP contribution in [0.5, 0.6) is 0 Å². The largest absolute Gasteiger partial charge is 0.387 e. The van der Waals surface area contributed by atoms with Crippen molar-refractivity contribution >= 4 is 5.84 Å². The van der Waals surface area contributed by atoms with Crippen LogP contribution in [0.15, 0.2) is 4.99 Å². The average molecular weight is 150 g/mol. The molecule has 0 spiro atoms. The Morgan fingerprint density at radius 1 is 1.50 bits per heavy atom. The molecule has 0 aliphatic heterocycles. The third-order valence-corrected chi connectivity index (χ3v) is 1.00. The van der Waals surface area contributed by atoms with E-state index in [1.165, 1.54) is 0 Å². The summed E-state index contributed by atoms with van der Waals surface area (Å²) < 4.78 is 23.0. The van der Waals surface area contributed by atoms with Gasteiger partial charge in [-0.25, -0.2) is 8.78 Å². The monoisotopic (exact) mass is 150 g/mol. The van der Waals surface area contributed by atoms with Gasteiger partial charge in [0.05, 0.1) is 5.84 Å². The molecule has 0 heterocycles. The van der Waals surface area contributed by atoms with Gasteiger partial charge in [0.1, 0.15) is 6.54 Å². The van der Waals surface area contributed by atoms with E-state index >= 15 is 0 Å². The third kappa shape index (κ3) is 4.23. The molecule has 0 bridgehead atoms. The molecule has 0 atom stereocenters. The van der Waals surface area contributed by atoms with Gasteiger partial charge in [-0.15, -0.1) is 0 Å². The highest BCUT2D eigenvalue weighted by Gasteiger charge is 2.02. The number of rotatable bonds is 3. The predicted molar refractivity (Wildman–Crippen MR) is 37.3 cm³/mol. The lowest BCUT2D eigenvalue weighted by Crippen LogP contribution is -2.20. The molecule has 0 saturated carbocycles. The number of hydrogen-bond acceptors (Lipinski definition) is 1. The second-order valence-corrected chi connectivity index (χ2v) is 2.31. The summed E-state index contributed by atoms with van der Waals surface area (Å²) in [6.45, 7) is 3.14. The van der Waals surface area contributed by atoms with Gasteiger partial charge >= 0.3 is 0 Å². The summed E-state index contributed by atoms with van der Waals surface area (Å²) >= 11 is 0. The topological polar surface area (TPSA) is 38.4 Å². The van der Waals surface area contributed by atoms with Crippen molar-refractivity contribution in [3.05, 3.63) is 0 Å². The highest BCUT2D eigenvalue weighted by molar-refractivity contribution is 5.82. The van der Waals surface area contributed by atoms with Crippen molar-refractivity contribution in [1.29, 1.82) is 0 Å². The van der Waals surface area contributed by atoms with Gasteiger partial charge in [0.15, 0.2) is 0 Å². The Morgan fingerprint density at radius 3 is 2.30 bits per heavy atom. The summed E-state index contributed by atoms with van der Waals surface area (Å²) in [7, 11) is 0. The van der Waals surface area contributed by atoms with Crippen LogP contribution in [0.1, 0.15) is 13.8 Å². The molecule has 10 heavy (non-hydrogen) atoms. The predicted octanol–water partition coefficient (Wildman–Crippen LogP) is 1.26. The van der Waals surface area contributed by atoms with E-state index in [-0.39, 0.29) is 5.92 Å². The van der Waals surface area contributed by atoms with Gasteiger partial charge < -0.3 is 5.73 Å². The van der Waals surface area contributed by atoms with Gasteiger partial charge in [-0.05, 0) is 0 Å². The molecule has 2 N–H and O–H groups in total. The Hall–Kier alpha value is -0.670. The first-order valence-electron chi connectivity index (χ1n) is 3.12. The fraction of sp³-hybridized carbons (Fsp3) is 0.833. The fourth-order valence-corrected chi connectivity index (χ4v) is 0.357. The first-order valence-corrected chi connectivity index (χ1v) is 3.12. The molecule has 0 aromatic heterocycles. The Balaban J connectivity index is 3.69. The van der Waals surface area contributed by atoms with Crippen molar-refractivity contribution in [2.45, 2.75) is 20.3 Å². The molecule has 0 aromatic rings. The van der Waals surface area contributed by atoms with E-state index in [1.807, 2.05) is 13.8 Å². The van der Waals surface area contributed by atoms with Crippen LogP contribution in [0.25, 0.3) is 0 Å². The van der Waals surface area contributed by atoms with Crippen LogP contribution in [0.3, 0.4) is 0 Å². The molecule has 0 rings (SSSR count). The summed E-state index contributed by atoms with van der Waals surface area (Å²) in [6.07, 6.45) is -2.39. The molecule has 0 unspecified atom stereocenters. The molecule has 0 aromatic carbocycles. The minimum absolute atomic E-state index is 0.0544. The van der Waals surface area contributed by atoms with Crippen LogP contribution in [0, 0.1) is 5.92 Å². The minimum atomic E-state index is -2.39. The molecule has 0 aliphatic carbocycles. The molecule has 0 fully saturated rings. The van der Waals surface area contributed by atoms with Gasteiger partial charge in [0.25, 0.3) is 6.43 Å². The van der Waals surface area contributed by atoms with Gasteiger partial charge in [-0.3, -0.25) is 4.99 Å². The first-order chi connectivity index (χ1) is 4.54. The zero-order valence-electron chi connectivity index (χ0n) is 6.14. The number of alkyl halides is 2. The maximum Gasteiger partial charge on any atom is 0.257 e. The van der Waals surface area contributed by atoms with Gasteiger partial charge in [-0.2, -0.15) is 0 Å². The van der Waals surface area contributed by atoms with Crippen molar-refractivity contribution < 1.29 is 8.78 Å². The number of amidine groups is 1. The van der Waals surface area contributed by atoms with Gasteiger partial charge in [-0.1, -0.05) is 13.8 Å². The number of nitrogens with two attached hydrogens (primary N) is 1. The van der Waals surface area contributed by atoms with E-state index in [1.54, 1.807) is 0 Å². The number of nitrogens with zero attached hydrogens (tertiary/aromatic N) is 1. The van der Waals surface area contributed by atoms with E-state index in [9.17, 15) is 8.78 Å². The van der Waals surface area contributed by atoms with Crippen LogP contribution in [0.4, 0.5) is 8.78 Å². The summed E-state index contributed by atoms with van der Waals surface area (Å²) in [5.41, 5.74) is 5.28. The Kier molecular flexibility index (Phi) is 3.91. The SMILES string of the molecule is CC(C)C(N)=NCC(F)F. The first kappa shape index (κ1) is 9.33. The van der Waals surface area contributed by atoms with Gasteiger partial charge in [0.2, 0.25) is 0 Å². The smallest absolute Gasteiger partial charge is 0.257 e. The van der Waals surface area contributed by atoms with Crippen LogP contribution in [-0.4, -0.2) is 18.8 Å². The zero-order chi connectivity index (χ0) is 8.15. The number of halogens is 2. The molecular formula is C6H12F2N2. The fourth-order valence-electron chi connectivity index (χ4n) is 0.357. The van der Waals surface area contributed by atoms with Crippen LogP contribution >= 0.6 is 0 Å². The van der Waals surface area contributed by atoms with Crippen molar-refractivity contribution in [3.63, 3.8) is 0 Å². The second-order valence-electron chi connectivity index (χ2n) is 2.31. The second kappa shape index (κ2) is 4.19. The third-order valence-electron chi connectivity index (χ3n) is 1.00. The molecule has 0 radical (unpaired) electrons. The Labute approximate surface area is 59.1 Å². The summed E-state index contributed by atoms with van der Waals surface area (Å²) in [5.74, 6) is 0.346. The Bertz CT molecular complexity index is 121. The summed E-state index contributed by atoms with van der Waals surface area (Å²) in [5, 5.41) is 0. The lowest BCUT2D eigenvalue weighted by atomic mass is 10.2. The molecule has 0 saturated heterocycles. The lowest BCUT2D eigenvalue weighted by molar-refractivity contribution is 0.158. The molecule has 0 amide bonds. The maximum atomic E-state index is 11.5. The van der Waals surface area contributed by atoms with Crippen LogP contribution < -0.4 is 5.73 Å². The van der Waals surface area contributed by atoms with Crippen molar-refractivity contribution in [2.75, 3.05) is 6.54 Å². The summed E-state index contributed by atoms with van der Waals surface area (Å²) in [6, 6.07) is 0. The molecule has 2 nitrogen and oxygen atoms in total. The lowest BCUT2D eigenvalue weighted by Gasteiger charge is -2.02. The minimum Gasteiger partial charge on any atom is -0.387 e. The summed E-state index contributed by atoms with van der Waals surface area (Å²) in [4.78, 5) is 3.47. The van der Waals surface area contributed by atoms with Crippen molar-refractivity contribution in [2.24, 2.45) is 16.6 Å². The highest BCUT2D eigenvalue weighted by atomic mass is 19.3. The van der Waals surface area contributed by atoms with Crippen LogP contribution in [0.2, 0.25) is 0 Å². The van der Waals surface area contributed by atoms with E-state index in [2.05, 4.69) is 4.99 Å². The van der Waals surface area contributed by atoms with E-state index in [0.717, 1.165) is 0 Å². The normalized spacial score (nSPS) is 13.2. The van der Waals surface area contributed by atoms with Crippen molar-refractivity contribution in [1.82, 2.24) is 0 Å². The molecular weight excluding hydrogens is 138 g/mol.